The Labute approximate surface area is 104 Å². The second-order valence-electron chi connectivity index (χ2n) is 5.41. The molecule has 0 bridgehead atoms. The van der Waals surface area contributed by atoms with Crippen molar-refractivity contribution in [3.8, 4) is 0 Å². The van der Waals surface area contributed by atoms with Crippen LogP contribution in [0.15, 0.2) is 18.2 Å². The van der Waals surface area contributed by atoms with Crippen LogP contribution in [0, 0.1) is 5.92 Å². The van der Waals surface area contributed by atoms with Gasteiger partial charge in [-0.05, 0) is 42.9 Å². The number of fused-ring (bicyclic) bond motifs is 1. The van der Waals surface area contributed by atoms with E-state index in [0.717, 1.165) is 19.0 Å². The molecule has 1 heterocycles. The molecule has 2 N–H and O–H groups in total. The molecular weight excluding hydrogens is 208 g/mol. The van der Waals surface area contributed by atoms with E-state index in [9.17, 15) is 0 Å². The molecule has 1 fully saturated rings. The number of benzene rings is 1. The Balaban J connectivity index is 1.56. The van der Waals surface area contributed by atoms with Crippen LogP contribution in [0.1, 0.15) is 36.8 Å². The first kappa shape index (κ1) is 11.1. The van der Waals surface area contributed by atoms with Gasteiger partial charge in [-0.25, -0.2) is 0 Å². The lowest BCUT2D eigenvalue weighted by Gasteiger charge is -2.13. The Morgan fingerprint density at radius 3 is 3.00 bits per heavy atom. The SMILES string of the molecule is c1cc2c(c(CNCC3CCCC3)c1)NCC2. The normalized spacial score (nSPS) is 19.3. The van der Waals surface area contributed by atoms with E-state index < -0.39 is 0 Å². The van der Waals surface area contributed by atoms with E-state index >= 15 is 0 Å². The van der Waals surface area contributed by atoms with Gasteiger partial charge in [0, 0.05) is 18.8 Å². The van der Waals surface area contributed by atoms with Crippen molar-refractivity contribution < 1.29 is 0 Å². The number of anilines is 1. The maximum atomic E-state index is 3.63. The summed E-state index contributed by atoms with van der Waals surface area (Å²) in [5, 5.41) is 7.14. The third-order valence-electron chi connectivity index (χ3n) is 4.16. The Morgan fingerprint density at radius 2 is 2.12 bits per heavy atom. The molecule has 1 aromatic rings. The van der Waals surface area contributed by atoms with Crippen molar-refractivity contribution in [2.75, 3.05) is 18.4 Å². The first-order valence-corrected chi connectivity index (χ1v) is 6.99. The van der Waals surface area contributed by atoms with Crippen molar-refractivity contribution in [1.82, 2.24) is 5.32 Å². The largest absolute Gasteiger partial charge is 0.384 e. The molecule has 0 radical (unpaired) electrons. The van der Waals surface area contributed by atoms with Gasteiger partial charge >= 0.3 is 0 Å². The van der Waals surface area contributed by atoms with Crippen LogP contribution in [0.5, 0.6) is 0 Å². The van der Waals surface area contributed by atoms with Crippen LogP contribution in [0.3, 0.4) is 0 Å². The molecule has 0 atom stereocenters. The summed E-state index contributed by atoms with van der Waals surface area (Å²) < 4.78 is 0. The van der Waals surface area contributed by atoms with Gasteiger partial charge < -0.3 is 10.6 Å². The highest BCUT2D eigenvalue weighted by molar-refractivity contribution is 5.61. The molecule has 2 aliphatic rings. The van der Waals surface area contributed by atoms with E-state index in [1.165, 1.54) is 55.5 Å². The average molecular weight is 230 g/mol. The molecule has 1 aromatic carbocycles. The zero-order valence-electron chi connectivity index (χ0n) is 10.5. The Bertz CT molecular complexity index is 381. The second kappa shape index (κ2) is 5.09. The average Bonchev–Trinajstić information content (AvgIpc) is 2.99. The summed E-state index contributed by atoms with van der Waals surface area (Å²) >= 11 is 0. The molecule has 0 unspecified atom stereocenters. The Hall–Kier alpha value is -1.02. The van der Waals surface area contributed by atoms with E-state index in [-0.39, 0.29) is 0 Å². The van der Waals surface area contributed by atoms with Gasteiger partial charge in [0.15, 0.2) is 0 Å². The number of rotatable bonds is 4. The third-order valence-corrected chi connectivity index (χ3v) is 4.16. The first-order chi connectivity index (χ1) is 8.43. The minimum atomic E-state index is 0.930. The predicted octanol–water partition coefficient (Wildman–Crippen LogP) is 2.93. The summed E-state index contributed by atoms with van der Waals surface area (Å²) in [5.41, 5.74) is 4.33. The van der Waals surface area contributed by atoms with Gasteiger partial charge in [0.05, 0.1) is 0 Å². The van der Waals surface area contributed by atoms with Gasteiger partial charge in [-0.2, -0.15) is 0 Å². The zero-order chi connectivity index (χ0) is 11.5. The molecule has 1 aliphatic carbocycles. The number of nitrogens with one attached hydrogen (secondary N) is 2. The van der Waals surface area contributed by atoms with Crippen molar-refractivity contribution in [2.24, 2.45) is 5.92 Å². The highest BCUT2D eigenvalue weighted by Crippen LogP contribution is 2.27. The number of para-hydroxylation sites is 1. The molecule has 0 saturated heterocycles. The summed E-state index contributed by atoms with van der Waals surface area (Å²) in [7, 11) is 0. The lowest BCUT2D eigenvalue weighted by atomic mass is 10.1. The van der Waals surface area contributed by atoms with Gasteiger partial charge in [0.1, 0.15) is 0 Å². The topological polar surface area (TPSA) is 24.1 Å². The molecule has 17 heavy (non-hydrogen) atoms. The van der Waals surface area contributed by atoms with Gasteiger partial charge in [-0.1, -0.05) is 31.0 Å². The van der Waals surface area contributed by atoms with Crippen LogP contribution in [0.2, 0.25) is 0 Å². The fourth-order valence-electron chi connectivity index (χ4n) is 3.18. The van der Waals surface area contributed by atoms with Crippen molar-refractivity contribution in [3.05, 3.63) is 29.3 Å². The van der Waals surface area contributed by atoms with E-state index in [1.807, 2.05) is 0 Å². The standard InChI is InChI=1S/C15H22N2/c1-2-5-12(4-1)10-16-11-14-7-3-6-13-8-9-17-15(13)14/h3,6-7,12,16-17H,1-2,4-5,8-11H2. The van der Waals surface area contributed by atoms with Crippen LogP contribution in [-0.2, 0) is 13.0 Å². The Morgan fingerprint density at radius 1 is 1.24 bits per heavy atom. The number of hydrogen-bond acceptors (Lipinski definition) is 2. The van der Waals surface area contributed by atoms with Crippen LogP contribution in [0.25, 0.3) is 0 Å². The van der Waals surface area contributed by atoms with E-state index in [1.54, 1.807) is 0 Å². The summed E-state index contributed by atoms with van der Waals surface area (Å²) in [6.07, 6.45) is 6.92. The summed E-state index contributed by atoms with van der Waals surface area (Å²) in [6, 6.07) is 6.69. The summed E-state index contributed by atoms with van der Waals surface area (Å²) in [5.74, 6) is 0.930. The second-order valence-corrected chi connectivity index (χ2v) is 5.41. The maximum absolute atomic E-state index is 3.63. The molecule has 1 saturated carbocycles. The lowest BCUT2D eigenvalue weighted by Crippen LogP contribution is -2.21. The van der Waals surface area contributed by atoms with Crippen LogP contribution < -0.4 is 10.6 Å². The fraction of sp³-hybridized carbons (Fsp3) is 0.600. The molecule has 0 spiro atoms. The number of hydrogen-bond donors (Lipinski definition) is 2. The molecule has 92 valence electrons. The Kier molecular flexibility index (Phi) is 3.32. The zero-order valence-corrected chi connectivity index (χ0v) is 10.5. The molecule has 2 heteroatoms. The van der Waals surface area contributed by atoms with Gasteiger partial charge in [0.25, 0.3) is 0 Å². The van der Waals surface area contributed by atoms with E-state index in [0.29, 0.717) is 0 Å². The molecule has 0 aromatic heterocycles. The molecule has 0 amide bonds. The van der Waals surface area contributed by atoms with Crippen LogP contribution in [-0.4, -0.2) is 13.1 Å². The molecule has 1 aliphatic heterocycles. The van der Waals surface area contributed by atoms with E-state index in [4.69, 9.17) is 0 Å². The monoisotopic (exact) mass is 230 g/mol. The highest BCUT2D eigenvalue weighted by Gasteiger charge is 2.16. The van der Waals surface area contributed by atoms with Crippen molar-refractivity contribution in [3.63, 3.8) is 0 Å². The van der Waals surface area contributed by atoms with Crippen molar-refractivity contribution in [1.29, 1.82) is 0 Å². The van der Waals surface area contributed by atoms with Crippen LogP contribution >= 0.6 is 0 Å². The highest BCUT2D eigenvalue weighted by atomic mass is 14.9. The fourth-order valence-corrected chi connectivity index (χ4v) is 3.18. The van der Waals surface area contributed by atoms with Gasteiger partial charge in [-0.3, -0.25) is 0 Å². The summed E-state index contributed by atoms with van der Waals surface area (Å²) in [6.45, 7) is 3.32. The van der Waals surface area contributed by atoms with E-state index in [2.05, 4.69) is 28.8 Å². The van der Waals surface area contributed by atoms with Crippen molar-refractivity contribution in [2.45, 2.75) is 38.6 Å². The van der Waals surface area contributed by atoms with Gasteiger partial charge in [-0.15, -0.1) is 0 Å². The lowest BCUT2D eigenvalue weighted by molar-refractivity contribution is 0.489. The molecule has 3 rings (SSSR count). The smallest absolute Gasteiger partial charge is 0.0419 e. The molecule has 2 nitrogen and oxygen atoms in total. The molecular formula is C15H22N2. The third kappa shape index (κ3) is 2.47. The first-order valence-electron chi connectivity index (χ1n) is 6.99. The predicted molar refractivity (Wildman–Crippen MR) is 72.3 cm³/mol. The summed E-state index contributed by atoms with van der Waals surface area (Å²) in [4.78, 5) is 0. The quantitative estimate of drug-likeness (QED) is 0.831. The minimum absolute atomic E-state index is 0.930. The maximum Gasteiger partial charge on any atom is 0.0419 e. The minimum Gasteiger partial charge on any atom is -0.384 e. The van der Waals surface area contributed by atoms with Gasteiger partial charge in [0.2, 0.25) is 0 Å². The van der Waals surface area contributed by atoms with Crippen molar-refractivity contribution >= 4 is 5.69 Å². The van der Waals surface area contributed by atoms with Crippen LogP contribution in [0.4, 0.5) is 5.69 Å².